The van der Waals surface area contributed by atoms with Gasteiger partial charge in [-0.15, -0.1) is 0 Å². The smallest absolute Gasteiger partial charge is 0.163 e. The van der Waals surface area contributed by atoms with Crippen molar-refractivity contribution in [1.29, 1.82) is 0 Å². The van der Waals surface area contributed by atoms with Gasteiger partial charge in [-0.25, -0.2) is 0 Å². The number of phenolic OH excluding ortho intramolecular Hbond substituents is 1. The first-order chi connectivity index (χ1) is 28.8. The van der Waals surface area contributed by atoms with Gasteiger partial charge in [0.25, 0.3) is 0 Å². The highest BCUT2D eigenvalue weighted by Crippen LogP contribution is 2.42. The highest BCUT2D eigenvalue weighted by atomic mass is 16.5. The Morgan fingerprint density at radius 2 is 1.69 bits per heavy atom. The number of aryl methyl sites for hydroxylation is 3. The fourth-order valence-corrected chi connectivity index (χ4v) is 9.90. The summed E-state index contributed by atoms with van der Waals surface area (Å²) in [4.78, 5) is 26.1. The fourth-order valence-electron chi connectivity index (χ4n) is 9.90. The molecule has 1 aliphatic carbocycles. The molecule has 3 aliphatic heterocycles. The van der Waals surface area contributed by atoms with Crippen LogP contribution in [0.2, 0.25) is 0 Å². The van der Waals surface area contributed by atoms with E-state index in [2.05, 4.69) is 82.7 Å². The summed E-state index contributed by atoms with van der Waals surface area (Å²) in [6, 6.07) is 23.4. The third-order valence-corrected chi connectivity index (χ3v) is 13.0. The molecule has 0 spiro atoms. The number of hydrogen-bond acceptors (Lipinski definition) is 8. The van der Waals surface area contributed by atoms with Crippen LogP contribution in [0.25, 0.3) is 6.08 Å². The van der Waals surface area contributed by atoms with Crippen LogP contribution in [0, 0.1) is 17.8 Å². The van der Waals surface area contributed by atoms with Crippen LogP contribution in [-0.4, -0.2) is 55.6 Å². The number of carbonyl (C=O) groups is 2. The lowest BCUT2D eigenvalue weighted by Crippen LogP contribution is -2.52. The lowest BCUT2D eigenvalue weighted by Gasteiger charge is -2.47. The van der Waals surface area contributed by atoms with Gasteiger partial charge in [-0.05, 0) is 158 Å². The molecule has 5 unspecified atom stereocenters. The van der Waals surface area contributed by atoms with Crippen LogP contribution in [0.3, 0.4) is 0 Å². The molecule has 0 bridgehead atoms. The van der Waals surface area contributed by atoms with E-state index in [4.69, 9.17) is 10.5 Å². The number of methoxy groups -OCH3 is 1. The van der Waals surface area contributed by atoms with Crippen molar-refractivity contribution in [3.8, 4) is 11.5 Å². The molecule has 0 amide bonds. The van der Waals surface area contributed by atoms with Crippen LogP contribution < -0.4 is 26.4 Å². The molecule has 2 fully saturated rings. The van der Waals surface area contributed by atoms with Crippen molar-refractivity contribution in [2.24, 2.45) is 23.5 Å². The highest BCUT2D eigenvalue weighted by Gasteiger charge is 2.41. The molecule has 2 saturated heterocycles. The molecule has 3 aromatic rings. The van der Waals surface area contributed by atoms with Crippen LogP contribution in [-0.2, 0) is 35.3 Å². The number of allylic oxidation sites excluding steroid dienone is 3. The van der Waals surface area contributed by atoms with Gasteiger partial charge in [-0.3, -0.25) is 9.59 Å². The number of unbranched alkanes of at least 4 members (excludes halogenated alkanes) is 2. The first-order valence-electron chi connectivity index (χ1n) is 22.1. The van der Waals surface area contributed by atoms with Gasteiger partial charge >= 0.3 is 0 Å². The summed E-state index contributed by atoms with van der Waals surface area (Å²) in [6.45, 7) is 3.33. The number of fused-ring (bicyclic) bond motifs is 2. The monoisotopic (exact) mass is 796 g/mol. The van der Waals surface area contributed by atoms with Gasteiger partial charge in [0.1, 0.15) is 5.78 Å². The van der Waals surface area contributed by atoms with Gasteiger partial charge < -0.3 is 31.5 Å². The van der Waals surface area contributed by atoms with Crippen molar-refractivity contribution >= 4 is 17.6 Å². The van der Waals surface area contributed by atoms with Crippen molar-refractivity contribution in [2.75, 3.05) is 26.7 Å². The highest BCUT2D eigenvalue weighted by molar-refractivity contribution is 6.06. The number of hydrogen-bond donors (Lipinski definition) is 5. The minimum Gasteiger partial charge on any atom is -0.504 e. The molecular formula is C51H64N4O4. The average molecular weight is 797 g/mol. The number of phenols is 1. The molecule has 8 nitrogen and oxygen atoms in total. The molecule has 6 N–H and O–H groups in total. The van der Waals surface area contributed by atoms with E-state index in [1.807, 2.05) is 6.20 Å². The first kappa shape index (κ1) is 42.4. The van der Waals surface area contributed by atoms with E-state index in [1.54, 1.807) is 23.8 Å². The summed E-state index contributed by atoms with van der Waals surface area (Å²) in [6.07, 6.45) is 22.0. The van der Waals surface area contributed by atoms with E-state index in [9.17, 15) is 14.7 Å². The Kier molecular flexibility index (Phi) is 15.1. The molecule has 0 radical (unpaired) electrons. The third-order valence-electron chi connectivity index (χ3n) is 13.0. The van der Waals surface area contributed by atoms with Gasteiger partial charge in [0.2, 0.25) is 0 Å². The molecule has 0 aromatic heterocycles. The minimum atomic E-state index is -0.289. The molecule has 8 heteroatoms. The predicted molar refractivity (Wildman–Crippen MR) is 238 cm³/mol. The van der Waals surface area contributed by atoms with Gasteiger partial charge in [-0.1, -0.05) is 85.2 Å². The topological polar surface area (TPSA) is 126 Å². The molecule has 4 aliphatic rings. The number of piperidine rings is 2. The molecule has 3 aromatic carbocycles. The minimum absolute atomic E-state index is 0.00954. The van der Waals surface area contributed by atoms with E-state index >= 15 is 0 Å². The van der Waals surface area contributed by atoms with Crippen molar-refractivity contribution < 1.29 is 19.4 Å². The molecule has 59 heavy (non-hydrogen) atoms. The molecule has 0 saturated carbocycles. The second-order valence-electron chi connectivity index (χ2n) is 17.1. The number of carbonyl (C=O) groups excluding carboxylic acids is 2. The summed E-state index contributed by atoms with van der Waals surface area (Å²) in [5.41, 5.74) is 15.7. The Hall–Kier alpha value is -4.76. The van der Waals surface area contributed by atoms with Crippen molar-refractivity contribution in [3.05, 3.63) is 136 Å². The van der Waals surface area contributed by atoms with Gasteiger partial charge in [0.05, 0.1) is 19.7 Å². The molecule has 3 heterocycles. The van der Waals surface area contributed by atoms with E-state index in [0.717, 1.165) is 92.8 Å². The number of benzene rings is 3. The Balaban J connectivity index is 0.911. The second kappa shape index (κ2) is 21.0. The van der Waals surface area contributed by atoms with Gasteiger partial charge in [0.15, 0.2) is 17.3 Å². The maximum atomic E-state index is 13.1. The summed E-state index contributed by atoms with van der Waals surface area (Å²) in [7, 11) is 1.51. The van der Waals surface area contributed by atoms with Crippen LogP contribution in [0.1, 0.15) is 92.0 Å². The number of nitrogens with two attached hydrogens (primary N) is 1. The second-order valence-corrected chi connectivity index (χ2v) is 17.1. The Morgan fingerprint density at radius 1 is 0.898 bits per heavy atom. The number of nitrogens with one attached hydrogen (secondary N) is 3. The van der Waals surface area contributed by atoms with Gasteiger partial charge in [-0.2, -0.15) is 0 Å². The van der Waals surface area contributed by atoms with Crippen LogP contribution in [0.5, 0.6) is 11.5 Å². The predicted octanol–water partition coefficient (Wildman–Crippen LogP) is 8.09. The number of ether oxygens (including phenoxy) is 1. The van der Waals surface area contributed by atoms with E-state index in [0.29, 0.717) is 36.5 Å². The standard InChI is InChI=1S/C51H64N4O4/c1-59-49-30-38(21-22-45(57)32-44(56)15-6-3-7-16-47-46-23-25-53-33-43(46)27-40-14-9-24-54-51(40)47)41(29-48(49)58)28-42-34-55-50(52)31-39(42)20-19-37-13-8-12-36(26-37)18-17-35-10-4-2-5-11-35/h2,4-5,8,10-13,21-22,26-27,29-31,34,43,46-47,50-51,53-55,58H,3,6-7,9,14-20,23-25,28,32-33,52H2,1H3. The van der Waals surface area contributed by atoms with Gasteiger partial charge in [0, 0.05) is 25.2 Å². The fraction of sp³-hybridized carbons (Fsp3) is 0.451. The lowest BCUT2D eigenvalue weighted by molar-refractivity contribution is -0.124. The molecular weight excluding hydrogens is 733 g/mol. The quantitative estimate of drug-likeness (QED) is 0.0357. The number of Topliss-reactive ketones (excluding diaryl/α,β-unsaturated/α-hetero) is 1. The molecule has 7 rings (SSSR count). The maximum absolute atomic E-state index is 13.1. The SMILES string of the molecule is COc1cc(C=CC(=O)CC(=O)CCCCCC2C3NCCCC3=CC3CNCCC32)c(CC2=CNC(N)C=C2CCc2cccc(CCc3ccccc3)c2)cc1O. The normalized spacial score (nSPS) is 22.7. The molecule has 312 valence electrons. The van der Waals surface area contributed by atoms with E-state index < -0.39 is 0 Å². The number of dihydropyridines is 1. The summed E-state index contributed by atoms with van der Waals surface area (Å²) < 4.78 is 5.44. The lowest BCUT2D eigenvalue weighted by atomic mass is 9.64. The zero-order chi connectivity index (χ0) is 41.0. The summed E-state index contributed by atoms with van der Waals surface area (Å²) >= 11 is 0. The van der Waals surface area contributed by atoms with E-state index in [-0.39, 0.29) is 29.9 Å². The van der Waals surface area contributed by atoms with E-state index in [1.165, 1.54) is 55.6 Å². The Morgan fingerprint density at radius 3 is 2.53 bits per heavy atom. The number of ketones is 2. The van der Waals surface area contributed by atoms with Crippen LogP contribution in [0.4, 0.5) is 0 Å². The Bertz CT molecular complexity index is 2030. The third kappa shape index (κ3) is 11.7. The maximum Gasteiger partial charge on any atom is 0.163 e. The molecule has 5 atom stereocenters. The van der Waals surface area contributed by atoms with Crippen molar-refractivity contribution in [2.45, 2.75) is 102 Å². The number of aromatic hydroxyl groups is 1. The summed E-state index contributed by atoms with van der Waals surface area (Å²) in [5.74, 6) is 2.21. The number of rotatable bonds is 19. The summed E-state index contributed by atoms with van der Waals surface area (Å²) in [5, 5.41) is 21.5. The van der Waals surface area contributed by atoms with Crippen LogP contribution in [0.15, 0.2) is 108 Å². The van der Waals surface area contributed by atoms with Crippen molar-refractivity contribution in [3.63, 3.8) is 0 Å². The Labute approximate surface area is 351 Å². The van der Waals surface area contributed by atoms with Crippen LogP contribution >= 0.6 is 0 Å². The largest absolute Gasteiger partial charge is 0.504 e. The van der Waals surface area contributed by atoms with Crippen molar-refractivity contribution in [1.82, 2.24) is 16.0 Å². The average Bonchev–Trinajstić information content (AvgIpc) is 3.25. The zero-order valence-electron chi connectivity index (χ0n) is 34.9. The first-order valence-corrected chi connectivity index (χ1v) is 22.1. The zero-order valence-corrected chi connectivity index (χ0v) is 34.9.